The molecule has 0 saturated heterocycles. The Kier molecular flexibility index (Phi) is 5.18. The summed E-state index contributed by atoms with van der Waals surface area (Å²) in [6, 6.07) is 3.99. The highest BCUT2D eigenvalue weighted by atomic mass is 35.5. The van der Waals surface area contributed by atoms with Crippen molar-refractivity contribution in [2.75, 3.05) is 20.3 Å². The van der Waals surface area contributed by atoms with Gasteiger partial charge in [-0.1, -0.05) is 17.7 Å². The van der Waals surface area contributed by atoms with Crippen LogP contribution in [0.15, 0.2) is 18.2 Å². The lowest BCUT2D eigenvalue weighted by atomic mass is 10.2. The van der Waals surface area contributed by atoms with Gasteiger partial charge in [0.2, 0.25) is 0 Å². The van der Waals surface area contributed by atoms with E-state index >= 15 is 0 Å². The number of halogens is 2. The van der Waals surface area contributed by atoms with E-state index in [0.29, 0.717) is 6.61 Å². The highest BCUT2D eigenvalue weighted by Crippen LogP contribution is 2.18. The first-order valence-corrected chi connectivity index (χ1v) is 4.89. The van der Waals surface area contributed by atoms with E-state index in [1.807, 2.05) is 0 Å². The average molecular weight is 248 g/mol. The van der Waals surface area contributed by atoms with Crippen molar-refractivity contribution >= 4 is 17.5 Å². The number of amides is 1. The van der Waals surface area contributed by atoms with Crippen molar-refractivity contribution in [2.24, 2.45) is 0 Å². The molecule has 0 heterocycles. The molecular weight excluding hydrogens is 237 g/mol. The van der Waals surface area contributed by atoms with Crippen molar-refractivity contribution in [3.8, 4) is 0 Å². The third-order valence-corrected chi connectivity index (χ3v) is 2.06. The van der Waals surface area contributed by atoms with Gasteiger partial charge in [-0.3, -0.25) is 9.63 Å². The van der Waals surface area contributed by atoms with E-state index in [0.717, 1.165) is 6.07 Å². The number of benzene rings is 1. The molecule has 4 nitrogen and oxygen atoms in total. The maximum atomic E-state index is 13.3. The Bertz CT molecular complexity index is 353. The first-order chi connectivity index (χ1) is 7.66. The minimum Gasteiger partial charge on any atom is -0.382 e. The molecule has 1 rings (SSSR count). The Morgan fingerprint density at radius 3 is 2.88 bits per heavy atom. The number of nitrogens with one attached hydrogen (secondary N) is 1. The zero-order valence-electron chi connectivity index (χ0n) is 8.63. The lowest BCUT2D eigenvalue weighted by Gasteiger charge is -2.07. The molecule has 1 aromatic rings. The SMILES string of the molecule is COCCONC(=O)c1c(F)cccc1Cl. The molecule has 0 saturated carbocycles. The van der Waals surface area contributed by atoms with Crippen LogP contribution in [-0.2, 0) is 9.57 Å². The molecule has 0 unspecified atom stereocenters. The van der Waals surface area contributed by atoms with E-state index in [2.05, 4.69) is 5.48 Å². The fourth-order valence-corrected chi connectivity index (χ4v) is 1.26. The maximum absolute atomic E-state index is 13.3. The molecule has 0 fully saturated rings. The molecule has 0 radical (unpaired) electrons. The van der Waals surface area contributed by atoms with Crippen molar-refractivity contribution in [2.45, 2.75) is 0 Å². The van der Waals surface area contributed by atoms with Gasteiger partial charge in [-0.25, -0.2) is 9.87 Å². The zero-order chi connectivity index (χ0) is 12.0. The van der Waals surface area contributed by atoms with E-state index in [4.69, 9.17) is 21.2 Å². The first kappa shape index (κ1) is 12.9. The number of carbonyl (C=O) groups is 1. The molecule has 0 aliphatic carbocycles. The van der Waals surface area contributed by atoms with Crippen LogP contribution in [-0.4, -0.2) is 26.2 Å². The van der Waals surface area contributed by atoms with Crippen LogP contribution in [0.4, 0.5) is 4.39 Å². The standard InChI is InChI=1S/C10H11ClFNO3/c1-15-5-6-16-13-10(14)9-7(11)3-2-4-8(9)12/h2-4H,5-6H2,1H3,(H,13,14). The van der Waals surface area contributed by atoms with Gasteiger partial charge in [0.25, 0.3) is 5.91 Å². The predicted molar refractivity (Wildman–Crippen MR) is 56.7 cm³/mol. The molecule has 1 amide bonds. The van der Waals surface area contributed by atoms with Crippen molar-refractivity contribution < 1.29 is 18.8 Å². The van der Waals surface area contributed by atoms with Crippen LogP contribution >= 0.6 is 11.6 Å². The summed E-state index contributed by atoms with van der Waals surface area (Å²) < 4.78 is 18.0. The fourth-order valence-electron chi connectivity index (χ4n) is 1.01. The Labute approximate surface area is 97.3 Å². The summed E-state index contributed by atoms with van der Waals surface area (Å²) >= 11 is 5.68. The number of ether oxygens (including phenoxy) is 1. The Balaban J connectivity index is 2.59. The van der Waals surface area contributed by atoms with Gasteiger partial charge in [0.1, 0.15) is 5.82 Å². The molecule has 0 aliphatic rings. The number of methoxy groups -OCH3 is 1. The van der Waals surface area contributed by atoms with Gasteiger partial charge in [-0.15, -0.1) is 0 Å². The summed E-state index contributed by atoms with van der Waals surface area (Å²) in [6.45, 7) is 0.500. The quantitative estimate of drug-likeness (QED) is 0.637. The summed E-state index contributed by atoms with van der Waals surface area (Å²) in [7, 11) is 1.50. The zero-order valence-corrected chi connectivity index (χ0v) is 9.38. The molecule has 0 bridgehead atoms. The van der Waals surface area contributed by atoms with Gasteiger partial charge in [0.05, 0.1) is 23.8 Å². The molecule has 88 valence electrons. The summed E-state index contributed by atoms with van der Waals surface area (Å²) in [5.74, 6) is -1.42. The van der Waals surface area contributed by atoms with Gasteiger partial charge in [-0.2, -0.15) is 0 Å². The number of carbonyl (C=O) groups excluding carboxylic acids is 1. The summed E-state index contributed by atoms with van der Waals surface area (Å²) in [4.78, 5) is 16.2. The highest BCUT2D eigenvalue weighted by molar-refractivity contribution is 6.33. The smallest absolute Gasteiger partial charge is 0.279 e. The summed E-state index contributed by atoms with van der Waals surface area (Å²) in [5, 5.41) is 0.0350. The van der Waals surface area contributed by atoms with Crippen LogP contribution < -0.4 is 5.48 Å². The average Bonchev–Trinajstić information content (AvgIpc) is 2.24. The molecule has 0 aliphatic heterocycles. The number of rotatable bonds is 5. The number of hydroxylamine groups is 1. The minimum atomic E-state index is -0.723. The molecule has 1 N–H and O–H groups in total. The lowest BCUT2D eigenvalue weighted by Crippen LogP contribution is -2.26. The monoisotopic (exact) mass is 247 g/mol. The van der Waals surface area contributed by atoms with Crippen LogP contribution in [0.1, 0.15) is 10.4 Å². The van der Waals surface area contributed by atoms with Gasteiger partial charge >= 0.3 is 0 Å². The van der Waals surface area contributed by atoms with Crippen LogP contribution in [0.2, 0.25) is 5.02 Å². The number of hydrogen-bond donors (Lipinski definition) is 1. The Morgan fingerprint density at radius 1 is 1.50 bits per heavy atom. The van der Waals surface area contributed by atoms with Gasteiger partial charge in [-0.05, 0) is 12.1 Å². The van der Waals surface area contributed by atoms with E-state index in [1.165, 1.54) is 19.2 Å². The van der Waals surface area contributed by atoms with Crippen LogP contribution in [0.5, 0.6) is 0 Å². The number of hydrogen-bond acceptors (Lipinski definition) is 3. The van der Waals surface area contributed by atoms with Gasteiger partial charge < -0.3 is 4.74 Å². The normalized spacial score (nSPS) is 10.2. The second kappa shape index (κ2) is 6.42. The van der Waals surface area contributed by atoms with Crippen LogP contribution in [0.25, 0.3) is 0 Å². The minimum absolute atomic E-state index is 0.0350. The molecule has 0 atom stereocenters. The molecule has 0 aromatic heterocycles. The second-order valence-corrected chi connectivity index (χ2v) is 3.28. The molecule has 0 spiro atoms. The molecular formula is C10H11ClFNO3. The predicted octanol–water partition coefficient (Wildman–Crippen LogP) is 1.79. The largest absolute Gasteiger partial charge is 0.382 e. The van der Waals surface area contributed by atoms with Crippen molar-refractivity contribution in [1.29, 1.82) is 0 Å². The lowest BCUT2D eigenvalue weighted by molar-refractivity contribution is 0.00866. The highest BCUT2D eigenvalue weighted by Gasteiger charge is 2.15. The Hall–Kier alpha value is -1.17. The Morgan fingerprint density at radius 2 is 2.25 bits per heavy atom. The molecule has 1 aromatic carbocycles. The van der Waals surface area contributed by atoms with Gasteiger partial charge in [0, 0.05) is 7.11 Å². The molecule has 16 heavy (non-hydrogen) atoms. The van der Waals surface area contributed by atoms with E-state index in [-0.39, 0.29) is 17.2 Å². The second-order valence-electron chi connectivity index (χ2n) is 2.87. The van der Waals surface area contributed by atoms with E-state index in [1.54, 1.807) is 0 Å². The summed E-state index contributed by atoms with van der Waals surface area (Å²) in [5.41, 5.74) is 1.84. The van der Waals surface area contributed by atoms with Crippen molar-refractivity contribution in [3.63, 3.8) is 0 Å². The van der Waals surface area contributed by atoms with Gasteiger partial charge in [0.15, 0.2) is 0 Å². The van der Waals surface area contributed by atoms with E-state index < -0.39 is 11.7 Å². The third-order valence-electron chi connectivity index (χ3n) is 1.74. The topological polar surface area (TPSA) is 47.6 Å². The fraction of sp³-hybridized carbons (Fsp3) is 0.300. The maximum Gasteiger partial charge on any atom is 0.279 e. The van der Waals surface area contributed by atoms with Crippen molar-refractivity contribution in [1.82, 2.24) is 5.48 Å². The van der Waals surface area contributed by atoms with Crippen LogP contribution in [0, 0.1) is 5.82 Å². The first-order valence-electron chi connectivity index (χ1n) is 4.52. The summed E-state index contributed by atoms with van der Waals surface area (Å²) in [6.07, 6.45) is 0. The molecule has 6 heteroatoms. The van der Waals surface area contributed by atoms with E-state index in [9.17, 15) is 9.18 Å². The van der Waals surface area contributed by atoms with Crippen LogP contribution in [0.3, 0.4) is 0 Å². The van der Waals surface area contributed by atoms with Crippen molar-refractivity contribution in [3.05, 3.63) is 34.6 Å². The third kappa shape index (κ3) is 3.44.